The van der Waals surface area contributed by atoms with Gasteiger partial charge in [-0.1, -0.05) is 115 Å². The number of aryl methyl sites for hydroxylation is 1. The number of furan rings is 1. The summed E-state index contributed by atoms with van der Waals surface area (Å²) in [4.78, 5) is 0. The molecule has 0 bridgehead atoms. The second-order valence-corrected chi connectivity index (χ2v) is 14.2. The van der Waals surface area contributed by atoms with Gasteiger partial charge in [-0.05, 0) is 134 Å². The summed E-state index contributed by atoms with van der Waals surface area (Å²) in [6.07, 6.45) is 0. The van der Waals surface area contributed by atoms with Crippen molar-refractivity contribution in [3.8, 4) is 39.1 Å². The van der Waals surface area contributed by atoms with Crippen molar-refractivity contribution in [2.75, 3.05) is 0 Å². The quantitative estimate of drug-likeness (QED) is 0.170. The summed E-state index contributed by atoms with van der Waals surface area (Å²) in [5.41, 5.74) is 13.9. The average Bonchev–Trinajstić information content (AvgIpc) is 3.76. The zero-order valence-corrected chi connectivity index (χ0v) is 29.2. The van der Waals surface area contributed by atoms with E-state index in [1.165, 1.54) is 93.4 Å². The van der Waals surface area contributed by atoms with E-state index >= 15 is 0 Å². The van der Waals surface area contributed by atoms with E-state index in [0.29, 0.717) is 0 Å². The summed E-state index contributed by atoms with van der Waals surface area (Å²) in [6, 6.07) is 66.3. The van der Waals surface area contributed by atoms with Gasteiger partial charge in [0.1, 0.15) is 11.2 Å². The van der Waals surface area contributed by atoms with Gasteiger partial charge in [0.25, 0.3) is 0 Å². The Kier molecular flexibility index (Phi) is 6.50. The molecule has 0 atom stereocenters. The average molecular weight is 676 g/mol. The van der Waals surface area contributed by atoms with E-state index in [0.717, 1.165) is 16.6 Å². The maximum atomic E-state index is 6.24. The molecular weight excluding hydrogens is 643 g/mol. The standard InChI is InChI=1S/C51H33NO/c1-32-11-10-18-50-51(32)46-30-37(23-26-49(46)53-50)35-21-24-40-42(33-12-4-2-5-13-33)31-38-20-19-34(27-43(38)44(40)28-35)36-22-25-48-45(29-36)41-16-8-9-17-47(41)52(48)39-14-6-3-7-15-39/h2-31H,1H3. The summed E-state index contributed by atoms with van der Waals surface area (Å²) in [5.74, 6) is 0. The largest absolute Gasteiger partial charge is 0.456 e. The normalized spacial score (nSPS) is 11.9. The Balaban J connectivity index is 1.13. The fourth-order valence-electron chi connectivity index (χ4n) is 8.56. The van der Waals surface area contributed by atoms with Gasteiger partial charge in [-0.25, -0.2) is 0 Å². The fraction of sp³-hybridized carbons (Fsp3) is 0.0196. The molecule has 0 spiro atoms. The molecule has 2 heteroatoms. The third-order valence-electron chi connectivity index (χ3n) is 11.1. The second kappa shape index (κ2) is 11.6. The van der Waals surface area contributed by atoms with Crippen LogP contribution in [0.4, 0.5) is 0 Å². The van der Waals surface area contributed by atoms with Crippen LogP contribution >= 0.6 is 0 Å². The van der Waals surface area contributed by atoms with Crippen molar-refractivity contribution < 1.29 is 4.42 Å². The third kappa shape index (κ3) is 4.66. The molecule has 248 valence electrons. The molecule has 0 unspecified atom stereocenters. The predicted octanol–water partition coefficient (Wildman–Crippen LogP) is 14.3. The van der Waals surface area contributed by atoms with E-state index in [-0.39, 0.29) is 0 Å². The van der Waals surface area contributed by atoms with Crippen LogP contribution in [-0.4, -0.2) is 4.57 Å². The minimum absolute atomic E-state index is 0.921. The van der Waals surface area contributed by atoms with E-state index in [1.807, 2.05) is 0 Å². The number of hydrogen-bond acceptors (Lipinski definition) is 1. The van der Waals surface area contributed by atoms with Gasteiger partial charge in [0.2, 0.25) is 0 Å². The van der Waals surface area contributed by atoms with Gasteiger partial charge in [-0.3, -0.25) is 0 Å². The number of aromatic nitrogens is 1. The Bertz CT molecular complexity index is 3220. The molecule has 53 heavy (non-hydrogen) atoms. The minimum atomic E-state index is 0.921. The Labute approximate surface area is 306 Å². The number of fused-ring (bicyclic) bond motifs is 9. The summed E-state index contributed by atoms with van der Waals surface area (Å²) in [7, 11) is 0. The van der Waals surface area contributed by atoms with E-state index in [1.54, 1.807) is 0 Å². The van der Waals surface area contributed by atoms with Gasteiger partial charge in [-0.15, -0.1) is 0 Å². The van der Waals surface area contributed by atoms with Gasteiger partial charge < -0.3 is 8.98 Å². The Morgan fingerprint density at radius 1 is 0.377 bits per heavy atom. The molecule has 11 rings (SSSR count). The van der Waals surface area contributed by atoms with Crippen LogP contribution in [0.2, 0.25) is 0 Å². The van der Waals surface area contributed by atoms with E-state index < -0.39 is 0 Å². The van der Waals surface area contributed by atoms with Gasteiger partial charge in [0.15, 0.2) is 0 Å². The van der Waals surface area contributed by atoms with Crippen LogP contribution in [-0.2, 0) is 0 Å². The lowest BCUT2D eigenvalue weighted by Crippen LogP contribution is -1.92. The zero-order valence-electron chi connectivity index (χ0n) is 29.2. The maximum absolute atomic E-state index is 6.24. The Morgan fingerprint density at radius 2 is 1.02 bits per heavy atom. The smallest absolute Gasteiger partial charge is 0.135 e. The molecule has 0 aliphatic heterocycles. The van der Waals surface area contributed by atoms with Crippen molar-refractivity contribution in [3.63, 3.8) is 0 Å². The molecule has 0 radical (unpaired) electrons. The van der Waals surface area contributed by atoms with Crippen LogP contribution in [0.25, 0.3) is 104 Å². The van der Waals surface area contributed by atoms with Crippen LogP contribution in [0.3, 0.4) is 0 Å². The summed E-state index contributed by atoms with van der Waals surface area (Å²) in [6.45, 7) is 2.16. The lowest BCUT2D eigenvalue weighted by Gasteiger charge is -2.14. The van der Waals surface area contributed by atoms with Gasteiger partial charge >= 0.3 is 0 Å². The Hall–Kier alpha value is -6.90. The molecule has 2 aromatic heterocycles. The van der Waals surface area contributed by atoms with Crippen LogP contribution in [0, 0.1) is 6.92 Å². The monoisotopic (exact) mass is 675 g/mol. The number of nitrogens with zero attached hydrogens (tertiary/aromatic N) is 1. The molecule has 0 amide bonds. The summed E-state index contributed by atoms with van der Waals surface area (Å²) < 4.78 is 8.62. The van der Waals surface area contributed by atoms with Crippen LogP contribution in [0.1, 0.15) is 5.56 Å². The van der Waals surface area contributed by atoms with Crippen LogP contribution in [0.5, 0.6) is 0 Å². The first-order valence-electron chi connectivity index (χ1n) is 18.3. The molecule has 0 saturated heterocycles. The second-order valence-electron chi connectivity index (χ2n) is 14.2. The first-order chi connectivity index (χ1) is 26.2. The van der Waals surface area contributed by atoms with Gasteiger partial charge in [-0.2, -0.15) is 0 Å². The molecular formula is C51H33NO. The highest BCUT2D eigenvalue weighted by molar-refractivity contribution is 6.16. The van der Waals surface area contributed by atoms with Crippen molar-refractivity contribution in [2.24, 2.45) is 0 Å². The van der Waals surface area contributed by atoms with E-state index in [9.17, 15) is 0 Å². The maximum Gasteiger partial charge on any atom is 0.135 e. The third-order valence-corrected chi connectivity index (χ3v) is 11.1. The molecule has 2 nitrogen and oxygen atoms in total. The highest BCUT2D eigenvalue weighted by atomic mass is 16.3. The van der Waals surface area contributed by atoms with Crippen molar-refractivity contribution >= 4 is 65.3 Å². The number of hydrogen-bond donors (Lipinski definition) is 0. The molecule has 0 saturated carbocycles. The molecule has 9 aromatic carbocycles. The highest BCUT2D eigenvalue weighted by Crippen LogP contribution is 2.41. The first kappa shape index (κ1) is 29.8. The lowest BCUT2D eigenvalue weighted by atomic mass is 9.89. The molecule has 2 heterocycles. The lowest BCUT2D eigenvalue weighted by molar-refractivity contribution is 0.669. The summed E-state index contributed by atoms with van der Waals surface area (Å²) in [5, 5.41) is 9.83. The van der Waals surface area contributed by atoms with Gasteiger partial charge in [0.05, 0.1) is 11.0 Å². The number of para-hydroxylation sites is 2. The minimum Gasteiger partial charge on any atom is -0.456 e. The van der Waals surface area contributed by atoms with Gasteiger partial charge in [0, 0.05) is 27.2 Å². The molecule has 0 N–H and O–H groups in total. The summed E-state index contributed by atoms with van der Waals surface area (Å²) >= 11 is 0. The highest BCUT2D eigenvalue weighted by Gasteiger charge is 2.16. The molecule has 0 aliphatic rings. The van der Waals surface area contributed by atoms with Crippen LogP contribution in [0.15, 0.2) is 186 Å². The first-order valence-corrected chi connectivity index (χ1v) is 18.3. The van der Waals surface area contributed by atoms with Crippen molar-refractivity contribution in [1.29, 1.82) is 0 Å². The van der Waals surface area contributed by atoms with Crippen molar-refractivity contribution in [1.82, 2.24) is 4.57 Å². The predicted molar refractivity (Wildman–Crippen MR) is 224 cm³/mol. The fourth-order valence-corrected chi connectivity index (χ4v) is 8.56. The molecule has 0 aliphatic carbocycles. The molecule has 11 aromatic rings. The SMILES string of the molecule is Cc1cccc2oc3ccc(-c4ccc5c(-c6ccccc6)cc6ccc(-c7ccc8c(c7)c7ccccc7n8-c7ccccc7)cc6c5c4)cc3c12. The van der Waals surface area contributed by atoms with E-state index in [4.69, 9.17) is 4.42 Å². The van der Waals surface area contributed by atoms with Crippen LogP contribution < -0.4 is 0 Å². The zero-order chi connectivity index (χ0) is 35.0. The Morgan fingerprint density at radius 3 is 1.85 bits per heavy atom. The topological polar surface area (TPSA) is 18.1 Å². The number of rotatable bonds is 4. The number of benzene rings is 9. The van der Waals surface area contributed by atoms with Crippen molar-refractivity contribution in [3.05, 3.63) is 188 Å². The van der Waals surface area contributed by atoms with Crippen molar-refractivity contribution in [2.45, 2.75) is 6.92 Å². The molecule has 0 fully saturated rings. The van der Waals surface area contributed by atoms with E-state index in [2.05, 4.69) is 193 Å².